The molecule has 100 valence electrons. The molecule has 2 heterocycles. The van der Waals surface area contributed by atoms with Crippen LogP contribution in [0.1, 0.15) is 30.6 Å². The molecule has 1 aliphatic rings. The van der Waals surface area contributed by atoms with Gasteiger partial charge < -0.3 is 5.32 Å². The van der Waals surface area contributed by atoms with Gasteiger partial charge in [0.25, 0.3) is 0 Å². The number of anilines is 1. The molecule has 1 N–H and O–H groups in total. The Morgan fingerprint density at radius 3 is 2.72 bits per heavy atom. The minimum Gasteiger partial charge on any atom is -0.368 e. The molecule has 0 aromatic carbocycles. The van der Waals surface area contributed by atoms with Crippen LogP contribution in [0.2, 0.25) is 0 Å². The zero-order valence-electron chi connectivity index (χ0n) is 10.9. The summed E-state index contributed by atoms with van der Waals surface area (Å²) in [6.07, 6.45) is 0. The third kappa shape index (κ3) is 2.91. The van der Waals surface area contributed by atoms with Crippen LogP contribution >= 0.6 is 23.5 Å². The molecule has 0 radical (unpaired) electrons. The summed E-state index contributed by atoms with van der Waals surface area (Å²) in [5.74, 6) is 3.04. The molecule has 0 saturated carbocycles. The fraction of sp³-hybridized carbons (Fsp3) is 0.667. The van der Waals surface area contributed by atoms with E-state index in [9.17, 15) is 4.39 Å². The summed E-state index contributed by atoms with van der Waals surface area (Å²) < 4.78 is 13.8. The van der Waals surface area contributed by atoms with Gasteiger partial charge in [-0.2, -0.15) is 11.8 Å². The number of aromatic nitrogens is 2. The molecule has 2 rings (SSSR count). The van der Waals surface area contributed by atoms with Gasteiger partial charge in [-0.05, 0) is 13.8 Å². The summed E-state index contributed by atoms with van der Waals surface area (Å²) in [5, 5.41) is 3.71. The standard InChI is InChI=1S/C12H18FN3S2/c1-4-14-11-9(13)7(2)15-12(16-11)10-8(3)17-5-6-18-10/h8,10H,4-6H2,1-3H3,(H,14,15,16). The summed E-state index contributed by atoms with van der Waals surface area (Å²) in [6, 6.07) is 0. The molecule has 0 amide bonds. The third-order valence-corrected chi connectivity index (χ3v) is 5.91. The van der Waals surface area contributed by atoms with Gasteiger partial charge >= 0.3 is 0 Å². The van der Waals surface area contributed by atoms with Crippen molar-refractivity contribution in [2.24, 2.45) is 0 Å². The van der Waals surface area contributed by atoms with Crippen molar-refractivity contribution in [3.8, 4) is 0 Å². The van der Waals surface area contributed by atoms with Crippen molar-refractivity contribution in [2.75, 3.05) is 23.4 Å². The van der Waals surface area contributed by atoms with Crippen molar-refractivity contribution in [3.63, 3.8) is 0 Å². The molecule has 3 nitrogen and oxygen atoms in total. The van der Waals surface area contributed by atoms with E-state index >= 15 is 0 Å². The van der Waals surface area contributed by atoms with Crippen LogP contribution in [0.4, 0.5) is 10.2 Å². The Kier molecular flexibility index (Phi) is 4.72. The van der Waals surface area contributed by atoms with Gasteiger partial charge in [0.15, 0.2) is 11.6 Å². The average Bonchev–Trinajstić information content (AvgIpc) is 2.35. The Morgan fingerprint density at radius 2 is 2.06 bits per heavy atom. The zero-order valence-corrected chi connectivity index (χ0v) is 12.5. The van der Waals surface area contributed by atoms with Gasteiger partial charge in [-0.15, -0.1) is 11.8 Å². The van der Waals surface area contributed by atoms with E-state index in [4.69, 9.17) is 0 Å². The topological polar surface area (TPSA) is 37.8 Å². The lowest BCUT2D eigenvalue weighted by Crippen LogP contribution is -2.20. The molecule has 18 heavy (non-hydrogen) atoms. The van der Waals surface area contributed by atoms with Crippen LogP contribution in [-0.2, 0) is 0 Å². The highest BCUT2D eigenvalue weighted by atomic mass is 32.2. The van der Waals surface area contributed by atoms with Crippen molar-refractivity contribution < 1.29 is 4.39 Å². The average molecular weight is 287 g/mol. The molecule has 0 bridgehead atoms. The molecule has 0 aliphatic carbocycles. The van der Waals surface area contributed by atoms with Gasteiger partial charge in [-0.25, -0.2) is 14.4 Å². The summed E-state index contributed by atoms with van der Waals surface area (Å²) in [7, 11) is 0. The highest BCUT2D eigenvalue weighted by molar-refractivity contribution is 8.06. The Balaban J connectivity index is 2.32. The van der Waals surface area contributed by atoms with Crippen LogP contribution in [0.3, 0.4) is 0 Å². The molecular weight excluding hydrogens is 269 g/mol. The lowest BCUT2D eigenvalue weighted by atomic mass is 10.3. The maximum absolute atomic E-state index is 13.8. The first-order valence-electron chi connectivity index (χ1n) is 6.14. The SMILES string of the molecule is CCNc1nc(C2SCCSC2C)nc(C)c1F. The molecule has 2 atom stereocenters. The minimum atomic E-state index is -0.332. The van der Waals surface area contributed by atoms with Gasteiger partial charge in [0.1, 0.15) is 5.82 Å². The van der Waals surface area contributed by atoms with Crippen LogP contribution in [0.5, 0.6) is 0 Å². The molecule has 1 fully saturated rings. The Labute approximate surface area is 116 Å². The first-order chi connectivity index (χ1) is 8.63. The predicted molar refractivity (Wildman–Crippen MR) is 78.0 cm³/mol. The summed E-state index contributed by atoms with van der Waals surface area (Å²) >= 11 is 3.80. The van der Waals surface area contributed by atoms with E-state index in [1.54, 1.807) is 6.92 Å². The van der Waals surface area contributed by atoms with E-state index in [0.717, 1.165) is 11.6 Å². The molecule has 0 spiro atoms. The number of hydrogen-bond donors (Lipinski definition) is 1. The van der Waals surface area contributed by atoms with Gasteiger partial charge in [-0.1, -0.05) is 6.92 Å². The smallest absolute Gasteiger partial charge is 0.186 e. The zero-order chi connectivity index (χ0) is 13.1. The highest BCUT2D eigenvalue weighted by Gasteiger charge is 2.27. The third-order valence-electron chi connectivity index (χ3n) is 2.82. The van der Waals surface area contributed by atoms with Crippen LogP contribution < -0.4 is 5.32 Å². The van der Waals surface area contributed by atoms with E-state index < -0.39 is 0 Å². The van der Waals surface area contributed by atoms with E-state index in [2.05, 4.69) is 22.2 Å². The van der Waals surface area contributed by atoms with E-state index in [1.165, 1.54) is 5.75 Å². The maximum Gasteiger partial charge on any atom is 0.186 e. The van der Waals surface area contributed by atoms with Crippen LogP contribution in [0.25, 0.3) is 0 Å². The van der Waals surface area contributed by atoms with E-state index in [-0.39, 0.29) is 11.1 Å². The number of nitrogens with one attached hydrogen (secondary N) is 1. The van der Waals surface area contributed by atoms with Crippen molar-refractivity contribution in [2.45, 2.75) is 31.3 Å². The molecule has 1 aromatic heterocycles. The maximum atomic E-state index is 13.8. The number of rotatable bonds is 3. The second-order valence-corrected chi connectivity index (χ2v) is 6.96. The lowest BCUT2D eigenvalue weighted by molar-refractivity contribution is 0.598. The number of nitrogens with zero attached hydrogens (tertiary/aromatic N) is 2. The van der Waals surface area contributed by atoms with Gasteiger partial charge in [0.05, 0.1) is 10.9 Å². The number of halogens is 1. The summed E-state index contributed by atoms with van der Waals surface area (Å²) in [6.45, 7) is 6.49. The predicted octanol–water partition coefficient (Wildman–Crippen LogP) is 3.27. The monoisotopic (exact) mass is 287 g/mol. The van der Waals surface area contributed by atoms with E-state index in [1.807, 2.05) is 30.4 Å². The number of aryl methyl sites for hydroxylation is 1. The normalized spacial score (nSPS) is 24.0. The molecule has 6 heteroatoms. The van der Waals surface area contributed by atoms with Gasteiger partial charge in [0, 0.05) is 23.3 Å². The Hall–Kier alpha value is -0.490. The second-order valence-electron chi connectivity index (χ2n) is 4.23. The van der Waals surface area contributed by atoms with Crippen molar-refractivity contribution in [3.05, 3.63) is 17.3 Å². The molecule has 1 aliphatic heterocycles. The Morgan fingerprint density at radius 1 is 1.33 bits per heavy atom. The van der Waals surface area contributed by atoms with E-state index in [0.29, 0.717) is 23.3 Å². The van der Waals surface area contributed by atoms with Crippen molar-refractivity contribution in [1.82, 2.24) is 9.97 Å². The fourth-order valence-corrected chi connectivity index (χ4v) is 4.60. The first-order valence-corrected chi connectivity index (χ1v) is 8.24. The Bertz CT molecular complexity index is 428. The molecular formula is C12H18FN3S2. The highest BCUT2D eigenvalue weighted by Crippen LogP contribution is 2.41. The first kappa shape index (κ1) is 13.9. The number of thioether (sulfide) groups is 2. The molecule has 1 aromatic rings. The summed E-state index contributed by atoms with van der Waals surface area (Å²) in [4.78, 5) is 8.69. The quantitative estimate of drug-likeness (QED) is 0.923. The minimum absolute atomic E-state index is 0.264. The van der Waals surface area contributed by atoms with Gasteiger partial charge in [0.2, 0.25) is 0 Å². The fourth-order valence-electron chi connectivity index (χ4n) is 1.91. The largest absolute Gasteiger partial charge is 0.368 e. The second kappa shape index (κ2) is 6.10. The van der Waals surface area contributed by atoms with Crippen LogP contribution in [-0.4, -0.2) is 33.3 Å². The van der Waals surface area contributed by atoms with Crippen LogP contribution in [0, 0.1) is 12.7 Å². The van der Waals surface area contributed by atoms with Gasteiger partial charge in [-0.3, -0.25) is 0 Å². The molecule has 1 saturated heterocycles. The van der Waals surface area contributed by atoms with Crippen molar-refractivity contribution in [1.29, 1.82) is 0 Å². The molecule has 2 unspecified atom stereocenters. The summed E-state index contributed by atoms with van der Waals surface area (Å²) in [5.41, 5.74) is 0.430. The lowest BCUT2D eigenvalue weighted by Gasteiger charge is -2.27. The number of hydrogen-bond acceptors (Lipinski definition) is 5. The van der Waals surface area contributed by atoms with Crippen LogP contribution in [0.15, 0.2) is 0 Å². The van der Waals surface area contributed by atoms with Crippen molar-refractivity contribution >= 4 is 29.3 Å².